The number of ether oxygens (including phenoxy) is 2. The first-order valence-corrected chi connectivity index (χ1v) is 6.22. The Morgan fingerprint density at radius 1 is 1.21 bits per heavy atom. The Bertz CT molecular complexity index is 619. The van der Waals surface area contributed by atoms with E-state index in [-0.39, 0.29) is 5.76 Å². The molecule has 1 heterocycles. The Balaban J connectivity index is 2.02. The monoisotopic (exact) mass is 254 g/mol. The van der Waals surface area contributed by atoms with Crippen molar-refractivity contribution in [2.45, 2.75) is 6.92 Å². The Morgan fingerprint density at radius 3 is 2.74 bits per heavy atom. The van der Waals surface area contributed by atoms with Crippen molar-refractivity contribution in [3.63, 3.8) is 0 Å². The van der Waals surface area contributed by atoms with E-state index in [4.69, 9.17) is 9.47 Å². The molecule has 0 bridgehead atoms. The van der Waals surface area contributed by atoms with Crippen LogP contribution < -0.4 is 9.47 Å². The minimum absolute atomic E-state index is 0.194. The maximum absolute atomic E-state index is 10.1. The van der Waals surface area contributed by atoms with Crippen molar-refractivity contribution in [1.29, 1.82) is 0 Å². The molecule has 0 atom stereocenters. The van der Waals surface area contributed by atoms with Crippen LogP contribution in [0.25, 0.3) is 5.76 Å². The quantitative estimate of drug-likeness (QED) is 0.873. The minimum Gasteiger partial charge on any atom is -0.507 e. The Morgan fingerprint density at radius 2 is 2.00 bits per heavy atom. The van der Waals surface area contributed by atoms with Crippen molar-refractivity contribution >= 4 is 5.76 Å². The summed E-state index contributed by atoms with van der Waals surface area (Å²) in [4.78, 5) is 0. The van der Waals surface area contributed by atoms with Gasteiger partial charge in [0, 0.05) is 11.6 Å². The molecule has 2 aliphatic rings. The second-order valence-corrected chi connectivity index (χ2v) is 4.26. The zero-order valence-electron chi connectivity index (χ0n) is 10.6. The van der Waals surface area contributed by atoms with E-state index in [0.717, 1.165) is 11.3 Å². The molecular formula is C16H14O3. The summed E-state index contributed by atoms with van der Waals surface area (Å²) in [6.07, 6.45) is 9.39. The Kier molecular flexibility index (Phi) is 2.88. The lowest BCUT2D eigenvalue weighted by Crippen LogP contribution is -2.05. The first-order chi connectivity index (χ1) is 9.28. The third-order valence-electron chi connectivity index (χ3n) is 2.97. The first-order valence-electron chi connectivity index (χ1n) is 6.22. The van der Waals surface area contributed by atoms with Gasteiger partial charge in [-0.1, -0.05) is 24.3 Å². The molecule has 0 fully saturated rings. The van der Waals surface area contributed by atoms with Gasteiger partial charge in [-0.15, -0.1) is 0 Å². The van der Waals surface area contributed by atoms with Crippen LogP contribution in [0.5, 0.6) is 11.5 Å². The van der Waals surface area contributed by atoms with Gasteiger partial charge in [-0.05, 0) is 25.1 Å². The van der Waals surface area contributed by atoms with E-state index in [1.54, 1.807) is 12.1 Å². The third kappa shape index (κ3) is 2.15. The fourth-order valence-electron chi connectivity index (χ4n) is 2.09. The maximum atomic E-state index is 10.1. The number of allylic oxidation sites excluding steroid dienone is 6. The van der Waals surface area contributed by atoms with Gasteiger partial charge in [0.15, 0.2) is 0 Å². The molecule has 19 heavy (non-hydrogen) atoms. The number of aliphatic hydroxyl groups is 1. The van der Waals surface area contributed by atoms with E-state index in [0.29, 0.717) is 23.7 Å². The molecule has 1 aromatic rings. The highest BCUT2D eigenvalue weighted by Crippen LogP contribution is 2.36. The minimum atomic E-state index is 0.194. The average Bonchev–Trinajstić information content (AvgIpc) is 2.93. The molecule has 0 saturated heterocycles. The second-order valence-electron chi connectivity index (χ2n) is 4.26. The molecule has 96 valence electrons. The molecule has 0 unspecified atom stereocenters. The number of hydrogen-bond acceptors (Lipinski definition) is 3. The molecule has 3 heteroatoms. The SMILES string of the molecule is CCOc1ccc2c(c1)C(O)=CC(=C1C=CC=C1)O2. The van der Waals surface area contributed by atoms with Crippen LogP contribution in [-0.2, 0) is 0 Å². The van der Waals surface area contributed by atoms with Gasteiger partial charge in [0.25, 0.3) is 0 Å². The average molecular weight is 254 g/mol. The summed E-state index contributed by atoms with van der Waals surface area (Å²) < 4.78 is 11.2. The zero-order valence-corrected chi connectivity index (χ0v) is 10.6. The zero-order chi connectivity index (χ0) is 13.2. The predicted molar refractivity (Wildman–Crippen MR) is 74.2 cm³/mol. The third-order valence-corrected chi connectivity index (χ3v) is 2.97. The maximum Gasteiger partial charge on any atom is 0.138 e. The second kappa shape index (κ2) is 4.69. The fourth-order valence-corrected chi connectivity index (χ4v) is 2.09. The molecule has 1 N–H and O–H groups in total. The highest BCUT2D eigenvalue weighted by Gasteiger charge is 2.19. The molecule has 0 amide bonds. The largest absolute Gasteiger partial charge is 0.507 e. The van der Waals surface area contributed by atoms with E-state index in [1.165, 1.54) is 0 Å². The smallest absolute Gasteiger partial charge is 0.138 e. The van der Waals surface area contributed by atoms with Crippen molar-refractivity contribution in [3.8, 4) is 11.5 Å². The normalized spacial score (nSPS) is 16.2. The number of hydrogen-bond donors (Lipinski definition) is 1. The molecule has 1 aliphatic heterocycles. The molecular weight excluding hydrogens is 240 g/mol. The summed E-state index contributed by atoms with van der Waals surface area (Å²) in [6.45, 7) is 2.52. The number of fused-ring (bicyclic) bond motifs is 1. The summed E-state index contributed by atoms with van der Waals surface area (Å²) in [5, 5.41) is 10.1. The number of aliphatic hydroxyl groups excluding tert-OH is 1. The summed E-state index contributed by atoms with van der Waals surface area (Å²) in [7, 11) is 0. The lowest BCUT2D eigenvalue weighted by Gasteiger charge is -2.19. The van der Waals surface area contributed by atoms with E-state index >= 15 is 0 Å². The molecule has 3 nitrogen and oxygen atoms in total. The Labute approximate surface area is 111 Å². The van der Waals surface area contributed by atoms with E-state index in [1.807, 2.05) is 43.4 Å². The van der Waals surface area contributed by atoms with Crippen LogP contribution in [0.15, 0.2) is 59.9 Å². The Hall–Kier alpha value is -2.42. The van der Waals surface area contributed by atoms with Crippen LogP contribution in [-0.4, -0.2) is 11.7 Å². The van der Waals surface area contributed by atoms with Crippen molar-refractivity contribution < 1.29 is 14.6 Å². The number of benzene rings is 1. The van der Waals surface area contributed by atoms with Gasteiger partial charge in [-0.25, -0.2) is 0 Å². The van der Waals surface area contributed by atoms with E-state index < -0.39 is 0 Å². The molecule has 0 radical (unpaired) electrons. The van der Waals surface area contributed by atoms with Gasteiger partial charge < -0.3 is 14.6 Å². The van der Waals surface area contributed by atoms with Gasteiger partial charge in [-0.2, -0.15) is 0 Å². The van der Waals surface area contributed by atoms with Crippen LogP contribution in [0.2, 0.25) is 0 Å². The van der Waals surface area contributed by atoms with Crippen LogP contribution in [0.4, 0.5) is 0 Å². The topological polar surface area (TPSA) is 38.7 Å². The summed E-state index contributed by atoms with van der Waals surface area (Å²) in [5.41, 5.74) is 1.60. The highest BCUT2D eigenvalue weighted by molar-refractivity contribution is 5.72. The van der Waals surface area contributed by atoms with Gasteiger partial charge in [0.2, 0.25) is 0 Å². The molecule has 0 saturated carbocycles. The lowest BCUT2D eigenvalue weighted by atomic mass is 10.1. The van der Waals surface area contributed by atoms with Gasteiger partial charge in [0.05, 0.1) is 12.2 Å². The van der Waals surface area contributed by atoms with Crippen molar-refractivity contribution in [1.82, 2.24) is 0 Å². The van der Waals surface area contributed by atoms with E-state index in [2.05, 4.69) is 0 Å². The van der Waals surface area contributed by atoms with Gasteiger partial charge >= 0.3 is 0 Å². The van der Waals surface area contributed by atoms with Crippen LogP contribution in [0.3, 0.4) is 0 Å². The fraction of sp³-hybridized carbons (Fsp3) is 0.125. The van der Waals surface area contributed by atoms with Crippen LogP contribution in [0.1, 0.15) is 12.5 Å². The molecule has 3 rings (SSSR count). The highest BCUT2D eigenvalue weighted by atomic mass is 16.5. The van der Waals surface area contributed by atoms with Crippen LogP contribution in [0, 0.1) is 0 Å². The summed E-state index contributed by atoms with van der Waals surface area (Å²) in [6, 6.07) is 5.43. The van der Waals surface area contributed by atoms with Crippen molar-refractivity contribution in [2.75, 3.05) is 6.61 Å². The predicted octanol–water partition coefficient (Wildman–Crippen LogP) is 3.76. The van der Waals surface area contributed by atoms with Gasteiger partial charge in [-0.3, -0.25) is 0 Å². The van der Waals surface area contributed by atoms with Crippen molar-refractivity contribution in [3.05, 3.63) is 65.5 Å². The summed E-state index contributed by atoms with van der Waals surface area (Å²) in [5.74, 6) is 2.21. The molecule has 0 spiro atoms. The standard InChI is InChI=1S/C16H14O3/c1-2-18-12-7-8-15-13(9-12)14(17)10-16(19-15)11-5-3-4-6-11/h3-10,17H,2H2,1H3. The molecule has 0 aromatic heterocycles. The first kappa shape index (κ1) is 11.7. The number of rotatable bonds is 2. The lowest BCUT2D eigenvalue weighted by molar-refractivity contribution is 0.338. The van der Waals surface area contributed by atoms with Gasteiger partial charge in [0.1, 0.15) is 23.0 Å². The molecule has 1 aromatic carbocycles. The van der Waals surface area contributed by atoms with Crippen LogP contribution >= 0.6 is 0 Å². The summed E-state index contributed by atoms with van der Waals surface area (Å²) >= 11 is 0. The molecule has 1 aliphatic carbocycles. The van der Waals surface area contributed by atoms with E-state index in [9.17, 15) is 5.11 Å². The van der Waals surface area contributed by atoms with Crippen molar-refractivity contribution in [2.24, 2.45) is 0 Å².